The van der Waals surface area contributed by atoms with Gasteiger partial charge < -0.3 is 5.11 Å². The van der Waals surface area contributed by atoms with Crippen molar-refractivity contribution in [1.82, 2.24) is 0 Å². The highest BCUT2D eigenvalue weighted by Gasteiger charge is 2.54. The number of hydrogen-bond donors (Lipinski definition) is 1. The third-order valence-electron chi connectivity index (χ3n) is 5.18. The van der Waals surface area contributed by atoms with Crippen LogP contribution in [-0.4, -0.2) is 10.7 Å². The van der Waals surface area contributed by atoms with E-state index in [1.54, 1.807) is 0 Å². The van der Waals surface area contributed by atoms with E-state index >= 15 is 0 Å². The summed E-state index contributed by atoms with van der Waals surface area (Å²) in [5.41, 5.74) is 1.08. The Morgan fingerprint density at radius 2 is 1.89 bits per heavy atom. The van der Waals surface area contributed by atoms with Gasteiger partial charge in [-0.2, -0.15) is 5.26 Å². The summed E-state index contributed by atoms with van der Waals surface area (Å²) in [4.78, 5) is 0. The van der Waals surface area contributed by atoms with E-state index < -0.39 is 11.0 Å². The maximum Gasteiger partial charge on any atom is 0.0940 e. The van der Waals surface area contributed by atoms with Crippen LogP contribution >= 0.6 is 0 Å². The van der Waals surface area contributed by atoms with Crippen LogP contribution in [0.4, 0.5) is 0 Å². The Hall–Kier alpha value is -1.33. The fraction of sp³-hybridized carbons (Fsp3) is 0.588. The molecule has 1 aromatic carbocycles. The van der Waals surface area contributed by atoms with Crippen molar-refractivity contribution in [3.8, 4) is 6.07 Å². The summed E-state index contributed by atoms with van der Waals surface area (Å²) in [5.74, 6) is 0.521. The summed E-state index contributed by atoms with van der Waals surface area (Å²) in [6, 6.07) is 10.8. The molecule has 1 aromatic rings. The quantitative estimate of drug-likeness (QED) is 0.837. The molecule has 0 saturated heterocycles. The van der Waals surface area contributed by atoms with Gasteiger partial charge in [-0.25, -0.2) is 0 Å². The first kappa shape index (κ1) is 12.7. The molecule has 0 spiro atoms. The van der Waals surface area contributed by atoms with Crippen molar-refractivity contribution in [2.75, 3.05) is 0 Å². The highest BCUT2D eigenvalue weighted by molar-refractivity contribution is 5.39. The van der Waals surface area contributed by atoms with Crippen LogP contribution in [0.1, 0.15) is 43.7 Å². The molecule has 2 aliphatic rings. The topological polar surface area (TPSA) is 44.0 Å². The van der Waals surface area contributed by atoms with E-state index in [0.29, 0.717) is 18.8 Å². The van der Waals surface area contributed by atoms with Crippen LogP contribution in [0.2, 0.25) is 0 Å². The Morgan fingerprint density at radius 1 is 1.26 bits per heavy atom. The molecule has 1 saturated carbocycles. The number of fused-ring (bicyclic) bond motifs is 1. The molecule has 1 N–H and O–H groups in total. The number of rotatable bonds is 1. The normalized spacial score (nSPS) is 32.6. The molecule has 0 amide bonds. The molecule has 1 fully saturated rings. The summed E-state index contributed by atoms with van der Waals surface area (Å²) in [6.45, 7) is 2.19. The van der Waals surface area contributed by atoms with Crippen LogP contribution in [0, 0.1) is 22.7 Å². The second-order valence-electron chi connectivity index (χ2n) is 6.55. The van der Waals surface area contributed by atoms with Crippen molar-refractivity contribution in [1.29, 1.82) is 5.26 Å². The molecule has 19 heavy (non-hydrogen) atoms. The summed E-state index contributed by atoms with van der Waals surface area (Å²) in [5, 5.41) is 20.9. The maximum atomic E-state index is 11.1. The molecule has 0 aromatic heterocycles. The van der Waals surface area contributed by atoms with E-state index in [1.807, 2.05) is 12.1 Å². The number of benzene rings is 1. The average molecular weight is 255 g/mol. The minimum absolute atomic E-state index is 0.521. The molecule has 100 valence electrons. The highest BCUT2D eigenvalue weighted by atomic mass is 16.3. The summed E-state index contributed by atoms with van der Waals surface area (Å²) in [6.07, 6.45) is 5.19. The number of aliphatic hydroxyl groups is 1. The van der Waals surface area contributed by atoms with E-state index in [1.165, 1.54) is 17.5 Å². The first-order valence-corrected chi connectivity index (χ1v) is 7.29. The van der Waals surface area contributed by atoms with E-state index in [2.05, 4.69) is 25.1 Å². The molecule has 2 aliphatic carbocycles. The second kappa shape index (κ2) is 4.35. The molecule has 3 rings (SSSR count). The number of nitriles is 1. The average Bonchev–Trinajstić information content (AvgIpc) is 2.79. The Kier molecular flexibility index (Phi) is 2.91. The van der Waals surface area contributed by atoms with Gasteiger partial charge in [0.1, 0.15) is 0 Å². The molecule has 0 aliphatic heterocycles. The van der Waals surface area contributed by atoms with E-state index in [0.717, 1.165) is 19.3 Å². The van der Waals surface area contributed by atoms with Gasteiger partial charge in [0.2, 0.25) is 0 Å². The zero-order chi connectivity index (χ0) is 13.5. The lowest BCUT2D eigenvalue weighted by molar-refractivity contribution is -0.0908. The smallest absolute Gasteiger partial charge is 0.0940 e. The number of hydrogen-bond acceptors (Lipinski definition) is 2. The van der Waals surface area contributed by atoms with Crippen LogP contribution < -0.4 is 0 Å². The molecular weight excluding hydrogens is 234 g/mol. The lowest BCUT2D eigenvalue weighted by Gasteiger charge is -2.45. The fourth-order valence-corrected chi connectivity index (χ4v) is 4.09. The Bertz CT molecular complexity index is 505. The highest BCUT2D eigenvalue weighted by Crippen LogP contribution is 2.51. The monoisotopic (exact) mass is 255 g/mol. The Morgan fingerprint density at radius 3 is 2.42 bits per heavy atom. The van der Waals surface area contributed by atoms with E-state index in [-0.39, 0.29) is 0 Å². The minimum atomic E-state index is -0.807. The predicted octanol–water partition coefficient (Wildman–Crippen LogP) is 3.24. The van der Waals surface area contributed by atoms with Gasteiger partial charge >= 0.3 is 0 Å². The zero-order valence-corrected chi connectivity index (χ0v) is 11.5. The van der Waals surface area contributed by atoms with Gasteiger partial charge in [-0.15, -0.1) is 0 Å². The lowest BCUT2D eigenvalue weighted by Crippen LogP contribution is -2.51. The van der Waals surface area contributed by atoms with Gasteiger partial charge in [0, 0.05) is 0 Å². The molecular formula is C17H21NO. The molecule has 2 atom stereocenters. The summed E-state index contributed by atoms with van der Waals surface area (Å²) in [7, 11) is 0. The van der Waals surface area contributed by atoms with Gasteiger partial charge in [-0.1, -0.05) is 44.0 Å². The van der Waals surface area contributed by atoms with Crippen LogP contribution in [-0.2, 0) is 12.8 Å². The van der Waals surface area contributed by atoms with Crippen LogP contribution in [0.5, 0.6) is 0 Å². The lowest BCUT2D eigenvalue weighted by atomic mass is 9.62. The SMILES string of the molecule is CC1CCCC(O)(C2(C#N)Cc3ccccc3C2)C1. The van der Waals surface area contributed by atoms with Gasteiger partial charge in [0.25, 0.3) is 0 Å². The zero-order valence-electron chi connectivity index (χ0n) is 11.5. The standard InChI is InChI=1S/C17H21NO/c1-13-5-4-8-17(19,9-13)16(12-18)10-14-6-2-3-7-15(14)11-16/h2-3,6-7,13,19H,4-5,8-11H2,1H3. The molecule has 0 bridgehead atoms. The molecule has 2 heteroatoms. The van der Waals surface area contributed by atoms with E-state index in [4.69, 9.17) is 0 Å². The molecule has 2 unspecified atom stereocenters. The van der Waals surface area contributed by atoms with Gasteiger partial charge in [-0.3, -0.25) is 0 Å². The first-order chi connectivity index (χ1) is 9.09. The predicted molar refractivity (Wildman–Crippen MR) is 74.5 cm³/mol. The van der Waals surface area contributed by atoms with Gasteiger partial charge in [0.15, 0.2) is 0 Å². The summed E-state index contributed by atoms with van der Waals surface area (Å²) >= 11 is 0. The van der Waals surface area contributed by atoms with Crippen LogP contribution in [0.25, 0.3) is 0 Å². The van der Waals surface area contributed by atoms with Crippen LogP contribution in [0.15, 0.2) is 24.3 Å². The Labute approximate surface area is 115 Å². The van der Waals surface area contributed by atoms with Gasteiger partial charge in [0.05, 0.1) is 17.1 Å². The fourth-order valence-electron chi connectivity index (χ4n) is 4.09. The summed E-state index contributed by atoms with van der Waals surface area (Å²) < 4.78 is 0. The van der Waals surface area contributed by atoms with Crippen molar-refractivity contribution in [2.24, 2.45) is 11.3 Å². The van der Waals surface area contributed by atoms with Crippen molar-refractivity contribution in [2.45, 2.75) is 51.0 Å². The molecule has 2 nitrogen and oxygen atoms in total. The first-order valence-electron chi connectivity index (χ1n) is 7.29. The molecule has 0 radical (unpaired) electrons. The Balaban J connectivity index is 1.96. The van der Waals surface area contributed by atoms with Crippen molar-refractivity contribution in [3.63, 3.8) is 0 Å². The third-order valence-corrected chi connectivity index (χ3v) is 5.18. The van der Waals surface area contributed by atoms with Crippen molar-refractivity contribution >= 4 is 0 Å². The van der Waals surface area contributed by atoms with E-state index in [9.17, 15) is 10.4 Å². The number of nitrogens with zero attached hydrogens (tertiary/aromatic N) is 1. The minimum Gasteiger partial charge on any atom is -0.388 e. The van der Waals surface area contributed by atoms with Crippen molar-refractivity contribution in [3.05, 3.63) is 35.4 Å². The second-order valence-corrected chi connectivity index (χ2v) is 6.55. The van der Waals surface area contributed by atoms with Crippen LogP contribution in [0.3, 0.4) is 0 Å². The van der Waals surface area contributed by atoms with Gasteiger partial charge in [-0.05, 0) is 42.7 Å². The van der Waals surface area contributed by atoms with Crippen molar-refractivity contribution < 1.29 is 5.11 Å². The maximum absolute atomic E-state index is 11.1. The molecule has 0 heterocycles. The third kappa shape index (κ3) is 1.88. The largest absolute Gasteiger partial charge is 0.388 e.